The lowest BCUT2D eigenvalue weighted by Gasteiger charge is -2.32. The van der Waals surface area contributed by atoms with Crippen LogP contribution in [0, 0.1) is 12.3 Å². The lowest BCUT2D eigenvalue weighted by atomic mass is 10.0. The highest BCUT2D eigenvalue weighted by molar-refractivity contribution is 5.73. The summed E-state index contributed by atoms with van der Waals surface area (Å²) in [6.07, 6.45) is 7.35. The molecule has 0 spiro atoms. The van der Waals surface area contributed by atoms with E-state index in [0.29, 0.717) is 6.04 Å². The molecule has 1 amide bonds. The Morgan fingerprint density at radius 3 is 2.78 bits per heavy atom. The minimum absolute atomic E-state index is 0.169. The molecule has 0 bridgehead atoms. The number of terminal acetylenes is 1. The summed E-state index contributed by atoms with van der Waals surface area (Å²) in [5.74, 6) is 2.80. The molecule has 2 rings (SSSR count). The van der Waals surface area contributed by atoms with Crippen LogP contribution in [0.25, 0.3) is 0 Å². The van der Waals surface area contributed by atoms with E-state index in [1.54, 1.807) is 6.92 Å². The number of carbonyl (C=O) groups is 1. The monoisotopic (exact) mass is 242 g/mol. The predicted molar refractivity (Wildman–Crippen MR) is 73.3 cm³/mol. The Bertz CT molecular complexity index is 468. The Kier molecular flexibility index (Phi) is 3.88. The molecule has 1 aromatic carbocycles. The lowest BCUT2D eigenvalue weighted by Crippen LogP contribution is -2.41. The fourth-order valence-electron chi connectivity index (χ4n) is 2.27. The highest BCUT2D eigenvalue weighted by Crippen LogP contribution is 2.17. The Morgan fingerprint density at radius 2 is 2.17 bits per heavy atom. The average molecular weight is 242 g/mol. The summed E-state index contributed by atoms with van der Waals surface area (Å²) in [6, 6.07) is 8.31. The Morgan fingerprint density at radius 1 is 1.44 bits per heavy atom. The van der Waals surface area contributed by atoms with Crippen molar-refractivity contribution in [3.8, 4) is 12.3 Å². The summed E-state index contributed by atoms with van der Waals surface area (Å²) in [5.41, 5.74) is 1.95. The van der Waals surface area contributed by atoms with Crippen molar-refractivity contribution in [1.82, 2.24) is 4.90 Å². The second kappa shape index (κ2) is 5.59. The molecule has 18 heavy (non-hydrogen) atoms. The number of amides is 1. The number of nitrogens with zero attached hydrogens (tertiary/aromatic N) is 1. The van der Waals surface area contributed by atoms with Gasteiger partial charge in [0, 0.05) is 37.3 Å². The quantitative estimate of drug-likeness (QED) is 0.805. The molecule has 0 radical (unpaired) electrons. The van der Waals surface area contributed by atoms with Crippen LogP contribution in [-0.4, -0.2) is 29.9 Å². The number of anilines is 1. The zero-order valence-electron chi connectivity index (χ0n) is 10.6. The first-order chi connectivity index (χ1) is 8.69. The van der Waals surface area contributed by atoms with Gasteiger partial charge in [-0.2, -0.15) is 0 Å². The molecular formula is C15H18N2O. The fraction of sp³-hybridized carbons (Fsp3) is 0.400. The highest BCUT2D eigenvalue weighted by atomic mass is 16.2. The molecule has 3 nitrogen and oxygen atoms in total. The van der Waals surface area contributed by atoms with Gasteiger partial charge in [-0.1, -0.05) is 12.0 Å². The number of hydrogen-bond acceptors (Lipinski definition) is 2. The largest absolute Gasteiger partial charge is 0.382 e. The van der Waals surface area contributed by atoms with Crippen molar-refractivity contribution in [2.45, 2.75) is 25.8 Å². The van der Waals surface area contributed by atoms with Crippen molar-refractivity contribution in [2.24, 2.45) is 0 Å². The highest BCUT2D eigenvalue weighted by Gasteiger charge is 2.20. The van der Waals surface area contributed by atoms with Crippen LogP contribution in [0.5, 0.6) is 0 Å². The third-order valence-corrected chi connectivity index (χ3v) is 3.34. The first-order valence-corrected chi connectivity index (χ1v) is 6.28. The van der Waals surface area contributed by atoms with Crippen LogP contribution in [0.15, 0.2) is 24.3 Å². The van der Waals surface area contributed by atoms with Gasteiger partial charge < -0.3 is 10.2 Å². The number of likely N-dealkylation sites (tertiary alicyclic amines) is 1. The molecule has 1 fully saturated rings. The minimum atomic E-state index is 0.169. The fourth-order valence-corrected chi connectivity index (χ4v) is 2.27. The topological polar surface area (TPSA) is 32.3 Å². The van der Waals surface area contributed by atoms with E-state index < -0.39 is 0 Å². The van der Waals surface area contributed by atoms with Gasteiger partial charge in [-0.3, -0.25) is 4.79 Å². The first-order valence-electron chi connectivity index (χ1n) is 6.28. The summed E-state index contributed by atoms with van der Waals surface area (Å²) in [5, 5.41) is 3.48. The van der Waals surface area contributed by atoms with E-state index in [2.05, 4.69) is 11.2 Å². The van der Waals surface area contributed by atoms with E-state index >= 15 is 0 Å². The van der Waals surface area contributed by atoms with Crippen LogP contribution in [0.2, 0.25) is 0 Å². The van der Waals surface area contributed by atoms with Crippen LogP contribution in [0.3, 0.4) is 0 Å². The van der Waals surface area contributed by atoms with Crippen LogP contribution in [-0.2, 0) is 4.79 Å². The van der Waals surface area contributed by atoms with Gasteiger partial charge in [0.25, 0.3) is 0 Å². The van der Waals surface area contributed by atoms with Gasteiger partial charge >= 0.3 is 0 Å². The van der Waals surface area contributed by atoms with Crippen molar-refractivity contribution < 1.29 is 4.79 Å². The Labute approximate surface area is 108 Å². The molecule has 94 valence electrons. The smallest absolute Gasteiger partial charge is 0.219 e. The maximum atomic E-state index is 11.2. The lowest BCUT2D eigenvalue weighted by molar-refractivity contribution is -0.129. The van der Waals surface area contributed by atoms with Gasteiger partial charge in [-0.05, 0) is 31.0 Å². The number of nitrogens with one attached hydrogen (secondary N) is 1. The molecule has 3 heteroatoms. The van der Waals surface area contributed by atoms with Gasteiger partial charge in [0.15, 0.2) is 0 Å². The van der Waals surface area contributed by atoms with E-state index in [-0.39, 0.29) is 5.91 Å². The van der Waals surface area contributed by atoms with Crippen LogP contribution in [0.4, 0.5) is 5.69 Å². The summed E-state index contributed by atoms with van der Waals surface area (Å²) in [6.45, 7) is 3.30. The zero-order chi connectivity index (χ0) is 13.0. The third kappa shape index (κ3) is 3.04. The molecule has 0 atom stereocenters. The first kappa shape index (κ1) is 12.5. The molecule has 1 aliphatic rings. The van der Waals surface area contributed by atoms with Crippen molar-refractivity contribution in [3.05, 3.63) is 29.8 Å². The van der Waals surface area contributed by atoms with Gasteiger partial charge in [-0.25, -0.2) is 0 Å². The maximum absolute atomic E-state index is 11.2. The normalized spacial score (nSPS) is 16.1. The zero-order valence-corrected chi connectivity index (χ0v) is 10.6. The number of rotatable bonds is 2. The molecule has 0 unspecified atom stereocenters. The summed E-state index contributed by atoms with van der Waals surface area (Å²) < 4.78 is 0. The molecule has 1 N–H and O–H groups in total. The molecule has 0 aliphatic carbocycles. The summed E-state index contributed by atoms with van der Waals surface area (Å²) >= 11 is 0. The SMILES string of the molecule is C#Cc1cccc(NC2CCN(C(C)=O)CC2)c1. The van der Waals surface area contributed by atoms with E-state index in [1.807, 2.05) is 29.2 Å². The van der Waals surface area contributed by atoms with Crippen LogP contribution < -0.4 is 5.32 Å². The van der Waals surface area contributed by atoms with E-state index in [1.165, 1.54) is 0 Å². The number of benzene rings is 1. The second-order valence-electron chi connectivity index (χ2n) is 4.65. The second-order valence-corrected chi connectivity index (χ2v) is 4.65. The average Bonchev–Trinajstić information content (AvgIpc) is 2.39. The van der Waals surface area contributed by atoms with Gasteiger partial charge in [0.1, 0.15) is 0 Å². The maximum Gasteiger partial charge on any atom is 0.219 e. The predicted octanol–water partition coefficient (Wildman–Crippen LogP) is 2.09. The van der Waals surface area contributed by atoms with E-state index in [9.17, 15) is 4.79 Å². The van der Waals surface area contributed by atoms with Crippen molar-refractivity contribution in [3.63, 3.8) is 0 Å². The van der Waals surface area contributed by atoms with Crippen molar-refractivity contribution in [2.75, 3.05) is 18.4 Å². The summed E-state index contributed by atoms with van der Waals surface area (Å²) in [7, 11) is 0. The molecule has 1 aromatic rings. The molecule has 1 heterocycles. The standard InChI is InChI=1S/C15H18N2O/c1-3-13-5-4-6-15(11-13)16-14-7-9-17(10-8-14)12(2)18/h1,4-6,11,14,16H,7-10H2,2H3. The minimum Gasteiger partial charge on any atom is -0.382 e. The molecule has 1 saturated heterocycles. The van der Waals surface area contributed by atoms with E-state index in [0.717, 1.165) is 37.2 Å². The van der Waals surface area contributed by atoms with E-state index in [4.69, 9.17) is 6.42 Å². The van der Waals surface area contributed by atoms with Crippen LogP contribution in [0.1, 0.15) is 25.3 Å². The molecule has 0 saturated carbocycles. The molecular weight excluding hydrogens is 224 g/mol. The van der Waals surface area contributed by atoms with Crippen molar-refractivity contribution in [1.29, 1.82) is 0 Å². The van der Waals surface area contributed by atoms with Gasteiger partial charge in [0.2, 0.25) is 5.91 Å². The Balaban J connectivity index is 1.91. The van der Waals surface area contributed by atoms with Crippen LogP contribution >= 0.6 is 0 Å². The summed E-state index contributed by atoms with van der Waals surface area (Å²) in [4.78, 5) is 13.1. The van der Waals surface area contributed by atoms with Gasteiger partial charge in [0.05, 0.1) is 0 Å². The number of hydrogen-bond donors (Lipinski definition) is 1. The Hall–Kier alpha value is -1.95. The number of carbonyl (C=O) groups excluding carboxylic acids is 1. The number of piperidine rings is 1. The molecule has 0 aromatic heterocycles. The van der Waals surface area contributed by atoms with Crippen molar-refractivity contribution >= 4 is 11.6 Å². The molecule has 1 aliphatic heterocycles. The third-order valence-electron chi connectivity index (χ3n) is 3.34. The van der Waals surface area contributed by atoms with Gasteiger partial charge in [-0.15, -0.1) is 6.42 Å².